The van der Waals surface area contributed by atoms with Gasteiger partial charge in [-0.15, -0.1) is 6.42 Å². The van der Waals surface area contributed by atoms with Gasteiger partial charge in [-0.1, -0.05) is 6.92 Å². The fourth-order valence-corrected chi connectivity index (χ4v) is 1.64. The molecule has 0 aliphatic carbocycles. The average molecular weight is 223 g/mol. The second kappa shape index (κ2) is 6.13. The van der Waals surface area contributed by atoms with Crippen LogP contribution in [0, 0.1) is 12.3 Å². The van der Waals surface area contributed by atoms with Crippen molar-refractivity contribution in [1.29, 1.82) is 0 Å². The summed E-state index contributed by atoms with van der Waals surface area (Å²) in [7, 11) is 0. The molecule has 88 valence electrons. The minimum Gasteiger partial charge on any atom is -0.338 e. The molecule has 1 aliphatic heterocycles. The summed E-state index contributed by atoms with van der Waals surface area (Å²) in [6.45, 7) is 4.81. The molecule has 0 aromatic heterocycles. The Morgan fingerprint density at radius 2 is 2.12 bits per heavy atom. The molecule has 0 radical (unpaired) electrons. The summed E-state index contributed by atoms with van der Waals surface area (Å²) in [6, 6.07) is -0.498. The number of nitrogens with one attached hydrogen (secondary N) is 2. The van der Waals surface area contributed by atoms with Crippen molar-refractivity contribution in [3.05, 3.63) is 0 Å². The van der Waals surface area contributed by atoms with Crippen LogP contribution in [-0.2, 0) is 9.59 Å². The van der Waals surface area contributed by atoms with Gasteiger partial charge in [0.15, 0.2) is 0 Å². The second-order valence-corrected chi connectivity index (χ2v) is 3.65. The van der Waals surface area contributed by atoms with Crippen LogP contribution in [0.4, 0.5) is 0 Å². The summed E-state index contributed by atoms with van der Waals surface area (Å²) in [5.74, 6) is 1.37. The molecule has 2 N–H and O–H groups in total. The van der Waals surface area contributed by atoms with E-state index in [-0.39, 0.29) is 5.91 Å². The van der Waals surface area contributed by atoms with E-state index in [0.29, 0.717) is 19.5 Å². The van der Waals surface area contributed by atoms with Crippen molar-refractivity contribution in [2.45, 2.75) is 19.4 Å². The summed E-state index contributed by atoms with van der Waals surface area (Å²) in [5.41, 5.74) is 0. The molecule has 0 aromatic carbocycles. The highest BCUT2D eigenvalue weighted by Crippen LogP contribution is 2.01. The molecule has 0 aromatic rings. The van der Waals surface area contributed by atoms with Crippen LogP contribution in [0.2, 0.25) is 0 Å². The van der Waals surface area contributed by atoms with E-state index in [1.54, 1.807) is 4.90 Å². The van der Waals surface area contributed by atoms with Gasteiger partial charge in [-0.3, -0.25) is 9.59 Å². The number of hydrogen-bond donors (Lipinski definition) is 2. The van der Waals surface area contributed by atoms with Gasteiger partial charge >= 0.3 is 0 Å². The highest BCUT2D eigenvalue weighted by Gasteiger charge is 2.24. The predicted molar refractivity (Wildman–Crippen MR) is 60.5 cm³/mol. The van der Waals surface area contributed by atoms with Gasteiger partial charge in [-0.05, 0) is 12.3 Å². The first-order valence-corrected chi connectivity index (χ1v) is 5.45. The van der Waals surface area contributed by atoms with Gasteiger partial charge < -0.3 is 15.5 Å². The molecule has 0 spiro atoms. The van der Waals surface area contributed by atoms with E-state index in [9.17, 15) is 9.59 Å². The molecule has 5 nitrogen and oxygen atoms in total. The summed E-state index contributed by atoms with van der Waals surface area (Å²) in [4.78, 5) is 24.8. The third-order valence-electron chi connectivity index (χ3n) is 2.57. The van der Waals surface area contributed by atoms with Crippen molar-refractivity contribution in [1.82, 2.24) is 15.5 Å². The first-order valence-electron chi connectivity index (χ1n) is 5.45. The maximum absolute atomic E-state index is 12.0. The molecule has 0 saturated carbocycles. The number of nitrogens with zero attached hydrogens (tertiary/aromatic N) is 1. The average Bonchev–Trinajstić information content (AvgIpc) is 2.35. The van der Waals surface area contributed by atoms with Crippen molar-refractivity contribution in [3.63, 3.8) is 0 Å². The van der Waals surface area contributed by atoms with Gasteiger partial charge in [0.25, 0.3) is 5.91 Å². The molecule has 1 fully saturated rings. The van der Waals surface area contributed by atoms with E-state index in [1.807, 2.05) is 12.8 Å². The topological polar surface area (TPSA) is 61.4 Å². The minimum atomic E-state index is -0.532. The van der Waals surface area contributed by atoms with Crippen LogP contribution < -0.4 is 10.6 Å². The maximum atomic E-state index is 12.0. The molecular weight excluding hydrogens is 206 g/mol. The maximum Gasteiger partial charge on any atom is 0.296 e. The van der Waals surface area contributed by atoms with Gasteiger partial charge in [-0.2, -0.15) is 0 Å². The summed E-state index contributed by atoms with van der Waals surface area (Å²) < 4.78 is 0. The fraction of sp³-hybridized carbons (Fsp3) is 0.636. The first kappa shape index (κ1) is 12.5. The quantitative estimate of drug-likeness (QED) is 0.600. The Morgan fingerprint density at radius 1 is 1.50 bits per heavy atom. The predicted octanol–water partition coefficient (Wildman–Crippen LogP) is -1.05. The zero-order valence-corrected chi connectivity index (χ0v) is 9.45. The number of carbonyl (C=O) groups is 2. The largest absolute Gasteiger partial charge is 0.338 e. The molecule has 1 unspecified atom stereocenters. The molecule has 1 aliphatic rings. The lowest BCUT2D eigenvalue weighted by atomic mass is 10.2. The van der Waals surface area contributed by atoms with Crippen LogP contribution in [-0.4, -0.2) is 48.9 Å². The van der Waals surface area contributed by atoms with Crippen LogP contribution in [0.1, 0.15) is 13.3 Å². The van der Waals surface area contributed by atoms with E-state index in [2.05, 4.69) is 10.6 Å². The summed E-state index contributed by atoms with van der Waals surface area (Å²) in [5, 5.41) is 5.69. The fourth-order valence-electron chi connectivity index (χ4n) is 1.64. The van der Waals surface area contributed by atoms with Gasteiger partial charge in [0.1, 0.15) is 6.04 Å². The van der Waals surface area contributed by atoms with Gasteiger partial charge in [-0.25, -0.2) is 0 Å². The number of rotatable bonds is 3. The SMILES string of the molecule is C#CC(=O)NC(CC)C(=O)N1CCNCC1. The number of carbonyl (C=O) groups excluding carboxylic acids is 2. The molecule has 5 heteroatoms. The molecular formula is C11H17N3O2. The standard InChI is InChI=1S/C11H17N3O2/c1-3-9(13-10(15)4-2)11(16)14-7-5-12-6-8-14/h2,9,12H,3,5-8H2,1H3,(H,13,15). The highest BCUT2D eigenvalue weighted by atomic mass is 16.2. The molecule has 16 heavy (non-hydrogen) atoms. The van der Waals surface area contributed by atoms with E-state index in [0.717, 1.165) is 13.1 Å². The number of hydrogen-bond acceptors (Lipinski definition) is 3. The van der Waals surface area contributed by atoms with E-state index < -0.39 is 11.9 Å². The minimum absolute atomic E-state index is 0.0485. The molecule has 1 atom stereocenters. The van der Waals surface area contributed by atoms with E-state index >= 15 is 0 Å². The summed E-state index contributed by atoms with van der Waals surface area (Å²) in [6.07, 6.45) is 5.51. The van der Waals surface area contributed by atoms with Crippen LogP contribution in [0.3, 0.4) is 0 Å². The molecule has 1 saturated heterocycles. The van der Waals surface area contributed by atoms with Crippen molar-refractivity contribution < 1.29 is 9.59 Å². The third-order valence-corrected chi connectivity index (χ3v) is 2.57. The Balaban J connectivity index is 2.54. The number of amides is 2. The van der Waals surface area contributed by atoms with Crippen LogP contribution in [0.15, 0.2) is 0 Å². The van der Waals surface area contributed by atoms with Crippen molar-refractivity contribution in [2.75, 3.05) is 26.2 Å². The Labute approximate surface area is 95.6 Å². The molecule has 2 amide bonds. The molecule has 0 bridgehead atoms. The Kier molecular flexibility index (Phi) is 4.80. The van der Waals surface area contributed by atoms with Crippen molar-refractivity contribution >= 4 is 11.8 Å². The Hall–Kier alpha value is -1.54. The first-order chi connectivity index (χ1) is 7.69. The zero-order valence-electron chi connectivity index (χ0n) is 9.45. The van der Waals surface area contributed by atoms with Gasteiger partial charge in [0, 0.05) is 26.2 Å². The second-order valence-electron chi connectivity index (χ2n) is 3.65. The smallest absolute Gasteiger partial charge is 0.296 e. The normalized spacial score (nSPS) is 17.4. The van der Waals surface area contributed by atoms with E-state index in [1.165, 1.54) is 0 Å². The van der Waals surface area contributed by atoms with E-state index in [4.69, 9.17) is 6.42 Å². The van der Waals surface area contributed by atoms with Gasteiger partial charge in [0.05, 0.1) is 0 Å². The van der Waals surface area contributed by atoms with Crippen LogP contribution >= 0.6 is 0 Å². The van der Waals surface area contributed by atoms with Crippen LogP contribution in [0.5, 0.6) is 0 Å². The van der Waals surface area contributed by atoms with Gasteiger partial charge in [0.2, 0.25) is 5.91 Å². The lowest BCUT2D eigenvalue weighted by Gasteiger charge is -2.30. The van der Waals surface area contributed by atoms with Crippen LogP contribution in [0.25, 0.3) is 0 Å². The Bertz CT molecular complexity index is 303. The van der Waals surface area contributed by atoms with Crippen molar-refractivity contribution in [2.24, 2.45) is 0 Å². The third kappa shape index (κ3) is 3.24. The molecule has 1 heterocycles. The monoisotopic (exact) mass is 223 g/mol. The number of terminal acetylenes is 1. The molecule has 1 rings (SSSR count). The Morgan fingerprint density at radius 3 is 2.62 bits per heavy atom. The lowest BCUT2D eigenvalue weighted by molar-refractivity contribution is -0.136. The van der Waals surface area contributed by atoms with Crippen molar-refractivity contribution in [3.8, 4) is 12.3 Å². The number of piperazine rings is 1. The summed E-state index contributed by atoms with van der Waals surface area (Å²) >= 11 is 0. The zero-order chi connectivity index (χ0) is 12.0. The highest BCUT2D eigenvalue weighted by molar-refractivity contribution is 5.96. The lowest BCUT2D eigenvalue weighted by Crippen LogP contribution is -2.53.